The summed E-state index contributed by atoms with van der Waals surface area (Å²) in [6, 6.07) is 15.7. The van der Waals surface area contributed by atoms with E-state index in [4.69, 9.17) is 4.74 Å². The fraction of sp³-hybridized carbons (Fsp3) is 0.455. The first-order valence-corrected chi connectivity index (χ1v) is 10.3. The van der Waals surface area contributed by atoms with Crippen LogP contribution in [0.4, 0.5) is 0 Å². The lowest BCUT2D eigenvalue weighted by Gasteiger charge is -2.30. The SMILES string of the molecule is CCCCc1cc(C(C)CC)c2c(c1)C(c1ccccc1)SCO2. The summed E-state index contributed by atoms with van der Waals surface area (Å²) in [6.45, 7) is 6.85. The van der Waals surface area contributed by atoms with Crippen LogP contribution in [0.15, 0.2) is 42.5 Å². The van der Waals surface area contributed by atoms with E-state index in [-0.39, 0.29) is 0 Å². The van der Waals surface area contributed by atoms with E-state index in [0.29, 0.717) is 11.2 Å². The van der Waals surface area contributed by atoms with Gasteiger partial charge in [0.05, 0.1) is 5.25 Å². The van der Waals surface area contributed by atoms with Gasteiger partial charge in [0.1, 0.15) is 11.7 Å². The molecule has 1 nitrogen and oxygen atoms in total. The third-order valence-electron chi connectivity index (χ3n) is 4.99. The fourth-order valence-electron chi connectivity index (χ4n) is 3.37. The van der Waals surface area contributed by atoms with E-state index in [0.717, 1.165) is 18.1 Å². The van der Waals surface area contributed by atoms with Crippen LogP contribution < -0.4 is 4.74 Å². The summed E-state index contributed by atoms with van der Waals surface area (Å²) in [4.78, 5) is 0. The van der Waals surface area contributed by atoms with Gasteiger partial charge in [0.2, 0.25) is 0 Å². The Kier molecular flexibility index (Phi) is 5.89. The van der Waals surface area contributed by atoms with Crippen molar-refractivity contribution in [3.63, 3.8) is 0 Å². The van der Waals surface area contributed by atoms with Crippen LogP contribution in [-0.2, 0) is 6.42 Å². The predicted octanol–water partition coefficient (Wildman–Crippen LogP) is 6.72. The minimum Gasteiger partial charge on any atom is -0.482 e. The van der Waals surface area contributed by atoms with Gasteiger partial charge in [-0.05, 0) is 41.9 Å². The number of hydrogen-bond acceptors (Lipinski definition) is 2. The molecule has 0 bridgehead atoms. The highest BCUT2D eigenvalue weighted by molar-refractivity contribution is 7.99. The van der Waals surface area contributed by atoms with Crippen LogP contribution in [0.2, 0.25) is 0 Å². The molecule has 128 valence electrons. The number of aryl methyl sites for hydroxylation is 1. The molecule has 2 aromatic rings. The Hall–Kier alpha value is -1.41. The predicted molar refractivity (Wildman–Crippen MR) is 105 cm³/mol. The van der Waals surface area contributed by atoms with Gasteiger partial charge >= 0.3 is 0 Å². The van der Waals surface area contributed by atoms with Crippen LogP contribution in [0.25, 0.3) is 0 Å². The summed E-state index contributed by atoms with van der Waals surface area (Å²) in [5.41, 5.74) is 5.64. The lowest BCUT2D eigenvalue weighted by molar-refractivity contribution is 0.373. The molecule has 2 heteroatoms. The van der Waals surface area contributed by atoms with Crippen LogP contribution in [0.1, 0.15) is 73.5 Å². The number of unbranched alkanes of at least 4 members (excludes halogenated alkanes) is 1. The van der Waals surface area contributed by atoms with Gasteiger partial charge in [-0.25, -0.2) is 0 Å². The Morgan fingerprint density at radius 3 is 2.67 bits per heavy atom. The third-order valence-corrected chi connectivity index (χ3v) is 6.10. The smallest absolute Gasteiger partial charge is 0.135 e. The van der Waals surface area contributed by atoms with Crippen molar-refractivity contribution in [3.8, 4) is 5.75 Å². The zero-order valence-electron chi connectivity index (χ0n) is 15.0. The van der Waals surface area contributed by atoms with Gasteiger partial charge in [-0.15, -0.1) is 11.8 Å². The average molecular weight is 341 g/mol. The van der Waals surface area contributed by atoms with E-state index < -0.39 is 0 Å². The maximum atomic E-state index is 6.15. The zero-order valence-corrected chi connectivity index (χ0v) is 15.9. The first-order chi connectivity index (χ1) is 11.7. The van der Waals surface area contributed by atoms with Crippen LogP contribution in [0.5, 0.6) is 5.75 Å². The highest BCUT2D eigenvalue weighted by Crippen LogP contribution is 2.48. The molecule has 0 amide bonds. The molecule has 2 unspecified atom stereocenters. The number of hydrogen-bond donors (Lipinski definition) is 0. The number of ether oxygens (including phenoxy) is 1. The molecule has 0 fully saturated rings. The first kappa shape index (κ1) is 17.4. The van der Waals surface area contributed by atoms with Gasteiger partial charge in [-0.1, -0.05) is 69.7 Å². The summed E-state index contributed by atoms with van der Waals surface area (Å²) in [5.74, 6) is 2.43. The molecule has 0 N–H and O–H groups in total. The van der Waals surface area contributed by atoms with Crippen molar-refractivity contribution in [2.45, 2.75) is 57.6 Å². The van der Waals surface area contributed by atoms with Crippen LogP contribution >= 0.6 is 11.8 Å². The summed E-state index contributed by atoms with van der Waals surface area (Å²) in [6.07, 6.45) is 4.81. The molecule has 0 saturated carbocycles. The van der Waals surface area contributed by atoms with Crippen molar-refractivity contribution in [1.29, 1.82) is 0 Å². The lowest BCUT2D eigenvalue weighted by atomic mass is 9.89. The van der Waals surface area contributed by atoms with Gasteiger partial charge in [-0.3, -0.25) is 0 Å². The summed E-state index contributed by atoms with van der Waals surface area (Å²) in [5, 5.41) is 0.388. The topological polar surface area (TPSA) is 9.23 Å². The van der Waals surface area contributed by atoms with Gasteiger partial charge < -0.3 is 4.74 Å². The second-order valence-corrected chi connectivity index (χ2v) is 7.78. The molecule has 1 aliphatic rings. The highest BCUT2D eigenvalue weighted by atomic mass is 32.2. The molecule has 2 aromatic carbocycles. The molecule has 1 heterocycles. The monoisotopic (exact) mass is 340 g/mol. The Labute approximate surface area is 150 Å². The van der Waals surface area contributed by atoms with E-state index in [1.165, 1.54) is 41.5 Å². The number of benzene rings is 2. The second-order valence-electron chi connectivity index (χ2n) is 6.74. The minimum atomic E-state index is 0.388. The molecule has 3 rings (SSSR count). The Morgan fingerprint density at radius 1 is 1.17 bits per heavy atom. The Bertz CT molecular complexity index is 665. The normalized spacial score (nSPS) is 17.9. The average Bonchev–Trinajstić information content (AvgIpc) is 2.65. The van der Waals surface area contributed by atoms with Crippen LogP contribution in [0.3, 0.4) is 0 Å². The van der Waals surface area contributed by atoms with Crippen LogP contribution in [0, 0.1) is 0 Å². The summed E-state index contributed by atoms with van der Waals surface area (Å²) >= 11 is 1.90. The first-order valence-electron chi connectivity index (χ1n) is 9.20. The third kappa shape index (κ3) is 3.64. The zero-order chi connectivity index (χ0) is 16.9. The number of thioether (sulfide) groups is 1. The summed E-state index contributed by atoms with van der Waals surface area (Å²) in [7, 11) is 0. The number of rotatable bonds is 6. The standard InChI is InChI=1S/C22H28OS/c1-4-6-10-17-13-19(16(3)5-2)21-20(14-17)22(24-15-23-21)18-11-8-7-9-12-18/h7-9,11-14,16,22H,4-6,10,15H2,1-3H3. The van der Waals surface area contributed by atoms with Gasteiger partial charge in [0.25, 0.3) is 0 Å². The molecule has 0 aromatic heterocycles. The van der Waals surface area contributed by atoms with Gasteiger partial charge in [0.15, 0.2) is 0 Å². The maximum Gasteiger partial charge on any atom is 0.135 e. The largest absolute Gasteiger partial charge is 0.482 e. The Morgan fingerprint density at radius 2 is 1.96 bits per heavy atom. The van der Waals surface area contributed by atoms with Crippen molar-refractivity contribution in [2.24, 2.45) is 0 Å². The fourth-order valence-corrected chi connectivity index (χ4v) is 4.39. The molecule has 0 saturated heterocycles. The molecular weight excluding hydrogens is 312 g/mol. The lowest BCUT2D eigenvalue weighted by Crippen LogP contribution is -2.14. The van der Waals surface area contributed by atoms with E-state index >= 15 is 0 Å². The minimum absolute atomic E-state index is 0.388. The maximum absolute atomic E-state index is 6.15. The van der Waals surface area contributed by atoms with E-state index in [2.05, 4.69) is 63.2 Å². The van der Waals surface area contributed by atoms with Crippen molar-refractivity contribution in [1.82, 2.24) is 0 Å². The van der Waals surface area contributed by atoms with Gasteiger partial charge in [-0.2, -0.15) is 0 Å². The number of fused-ring (bicyclic) bond motifs is 1. The van der Waals surface area contributed by atoms with Crippen LogP contribution in [-0.4, -0.2) is 5.94 Å². The molecular formula is C22H28OS. The quantitative estimate of drug-likeness (QED) is 0.577. The highest BCUT2D eigenvalue weighted by Gasteiger charge is 2.27. The van der Waals surface area contributed by atoms with Gasteiger partial charge in [0, 0.05) is 5.56 Å². The Balaban J connectivity index is 2.07. The van der Waals surface area contributed by atoms with Crippen molar-refractivity contribution >= 4 is 11.8 Å². The molecule has 24 heavy (non-hydrogen) atoms. The van der Waals surface area contributed by atoms with Crippen molar-refractivity contribution in [2.75, 3.05) is 5.94 Å². The van der Waals surface area contributed by atoms with Crippen molar-refractivity contribution < 1.29 is 4.74 Å². The summed E-state index contributed by atoms with van der Waals surface area (Å²) < 4.78 is 6.15. The van der Waals surface area contributed by atoms with E-state index in [1.807, 2.05) is 11.8 Å². The van der Waals surface area contributed by atoms with E-state index in [1.54, 1.807) is 0 Å². The van der Waals surface area contributed by atoms with Crippen molar-refractivity contribution in [3.05, 3.63) is 64.7 Å². The second kappa shape index (κ2) is 8.11. The van der Waals surface area contributed by atoms with E-state index in [9.17, 15) is 0 Å². The molecule has 0 spiro atoms. The molecule has 0 radical (unpaired) electrons. The molecule has 0 aliphatic carbocycles. The molecule has 2 atom stereocenters. The molecule has 1 aliphatic heterocycles.